The van der Waals surface area contributed by atoms with Crippen LogP contribution in [0.5, 0.6) is 0 Å². The van der Waals surface area contributed by atoms with Crippen LogP contribution in [0.1, 0.15) is 33.4 Å². The first-order valence-corrected chi connectivity index (χ1v) is 7.62. The minimum atomic E-state index is -5.55. The number of aryl methyl sites for hydroxylation is 2. The van der Waals surface area contributed by atoms with E-state index in [2.05, 4.69) is 0 Å². The third-order valence-electron chi connectivity index (χ3n) is 4.80. The highest BCUT2D eigenvalue weighted by atomic mass is 19.4. The lowest BCUT2D eigenvalue weighted by molar-refractivity contribution is -0.288. The van der Waals surface area contributed by atoms with Gasteiger partial charge in [0.05, 0.1) is 0 Å². The van der Waals surface area contributed by atoms with Crippen molar-refractivity contribution in [2.24, 2.45) is 0 Å². The van der Waals surface area contributed by atoms with Gasteiger partial charge in [-0.3, -0.25) is 0 Å². The molecule has 2 rings (SSSR count). The molecule has 0 aliphatic heterocycles. The van der Waals surface area contributed by atoms with Crippen molar-refractivity contribution in [3.8, 4) is 0 Å². The number of hydrogen-bond donors (Lipinski definition) is 0. The van der Waals surface area contributed by atoms with Crippen molar-refractivity contribution in [3.05, 3.63) is 69.8 Å². The van der Waals surface area contributed by atoms with Crippen molar-refractivity contribution in [2.75, 3.05) is 0 Å². The van der Waals surface area contributed by atoms with Gasteiger partial charge in [0.25, 0.3) is 0 Å². The number of hydrogen-bond acceptors (Lipinski definition) is 0. The van der Waals surface area contributed by atoms with E-state index >= 15 is 0 Å². The Labute approximate surface area is 142 Å². The Hall–Kier alpha value is -1.98. The van der Waals surface area contributed by atoms with Gasteiger partial charge in [-0.15, -0.1) is 0 Å². The molecule has 136 valence electrons. The molecule has 2 aromatic carbocycles. The fourth-order valence-electron chi connectivity index (χ4n) is 3.11. The molecule has 0 nitrogen and oxygen atoms in total. The van der Waals surface area contributed by atoms with Crippen molar-refractivity contribution >= 4 is 0 Å². The summed E-state index contributed by atoms with van der Waals surface area (Å²) in [6, 6.07) is 6.59. The SMILES string of the molecule is Cc1ccc(C(c2ccc(C)c(C)c2C)(C(F)(F)F)C(F)(F)F)cc1. The predicted octanol–water partition coefficient (Wildman–Crippen LogP) is 6.33. The highest BCUT2D eigenvalue weighted by molar-refractivity contribution is 5.51. The molecule has 0 bridgehead atoms. The molecule has 0 radical (unpaired) electrons. The van der Waals surface area contributed by atoms with Crippen molar-refractivity contribution in [1.29, 1.82) is 0 Å². The van der Waals surface area contributed by atoms with E-state index in [1.807, 2.05) is 0 Å². The molecule has 0 aliphatic rings. The lowest BCUT2D eigenvalue weighted by atomic mass is 9.70. The van der Waals surface area contributed by atoms with Gasteiger partial charge in [0.15, 0.2) is 0 Å². The lowest BCUT2D eigenvalue weighted by Crippen LogP contribution is -2.55. The van der Waals surface area contributed by atoms with E-state index < -0.39 is 28.9 Å². The molecule has 0 unspecified atom stereocenters. The third kappa shape index (κ3) is 2.92. The van der Waals surface area contributed by atoms with Crippen LogP contribution >= 0.6 is 0 Å². The van der Waals surface area contributed by atoms with Gasteiger partial charge in [-0.1, -0.05) is 42.0 Å². The van der Waals surface area contributed by atoms with Gasteiger partial charge in [0.2, 0.25) is 5.41 Å². The molecule has 2 aromatic rings. The second kappa shape index (κ2) is 6.07. The lowest BCUT2D eigenvalue weighted by Gasteiger charge is -2.39. The van der Waals surface area contributed by atoms with E-state index in [1.165, 1.54) is 32.0 Å². The van der Waals surface area contributed by atoms with E-state index in [0.29, 0.717) is 16.7 Å². The molecular weight excluding hydrogens is 342 g/mol. The van der Waals surface area contributed by atoms with Gasteiger partial charge in [0.1, 0.15) is 0 Å². The first kappa shape index (κ1) is 19.3. The van der Waals surface area contributed by atoms with Gasteiger partial charge in [-0.25, -0.2) is 0 Å². The van der Waals surface area contributed by atoms with Crippen molar-refractivity contribution in [3.63, 3.8) is 0 Å². The van der Waals surface area contributed by atoms with E-state index in [4.69, 9.17) is 0 Å². The quantitative estimate of drug-likeness (QED) is 0.549. The van der Waals surface area contributed by atoms with Crippen molar-refractivity contribution in [1.82, 2.24) is 0 Å². The van der Waals surface area contributed by atoms with Crippen LogP contribution in [-0.4, -0.2) is 12.4 Å². The Balaban J connectivity index is 3.00. The van der Waals surface area contributed by atoms with Gasteiger partial charge >= 0.3 is 12.4 Å². The van der Waals surface area contributed by atoms with Crippen LogP contribution < -0.4 is 0 Å². The summed E-state index contributed by atoms with van der Waals surface area (Å²) in [6.45, 7) is 6.09. The topological polar surface area (TPSA) is 0 Å². The molecule has 0 N–H and O–H groups in total. The smallest absolute Gasteiger partial charge is 0.169 e. The highest BCUT2D eigenvalue weighted by Gasteiger charge is 2.72. The number of halogens is 6. The summed E-state index contributed by atoms with van der Waals surface area (Å²) < 4.78 is 84.2. The van der Waals surface area contributed by atoms with E-state index in [1.54, 1.807) is 13.8 Å². The van der Waals surface area contributed by atoms with Gasteiger partial charge in [0, 0.05) is 0 Å². The van der Waals surface area contributed by atoms with E-state index in [0.717, 1.165) is 18.2 Å². The van der Waals surface area contributed by atoms with Crippen LogP contribution in [0.2, 0.25) is 0 Å². The summed E-state index contributed by atoms with van der Waals surface area (Å²) in [5.41, 5.74) is -4.04. The first-order chi connectivity index (χ1) is 11.3. The monoisotopic (exact) mass is 360 g/mol. The average Bonchev–Trinajstić information content (AvgIpc) is 2.47. The summed E-state index contributed by atoms with van der Waals surface area (Å²) in [6.07, 6.45) is -11.1. The summed E-state index contributed by atoms with van der Waals surface area (Å²) in [4.78, 5) is 0. The zero-order chi connectivity index (χ0) is 19.2. The Morgan fingerprint density at radius 1 is 0.600 bits per heavy atom. The van der Waals surface area contributed by atoms with Crippen LogP contribution in [0.15, 0.2) is 36.4 Å². The van der Waals surface area contributed by atoms with E-state index in [-0.39, 0.29) is 5.56 Å². The minimum absolute atomic E-state index is 0.00442. The number of benzene rings is 2. The maximum atomic E-state index is 14.0. The normalized spacial score (nSPS) is 13.2. The molecular formula is C19H18F6. The van der Waals surface area contributed by atoms with Crippen LogP contribution in [0.25, 0.3) is 0 Å². The van der Waals surface area contributed by atoms with Crippen LogP contribution in [0.3, 0.4) is 0 Å². The summed E-state index contributed by atoms with van der Waals surface area (Å²) >= 11 is 0. The molecule has 0 atom stereocenters. The Kier molecular flexibility index (Phi) is 4.70. The zero-order valence-corrected chi connectivity index (χ0v) is 14.2. The zero-order valence-electron chi connectivity index (χ0n) is 14.2. The van der Waals surface area contributed by atoms with Crippen LogP contribution in [-0.2, 0) is 5.41 Å². The third-order valence-corrected chi connectivity index (χ3v) is 4.80. The van der Waals surface area contributed by atoms with Crippen LogP contribution in [0, 0.1) is 27.7 Å². The molecule has 0 saturated carbocycles. The fraction of sp³-hybridized carbons (Fsp3) is 0.368. The summed E-state index contributed by atoms with van der Waals surface area (Å²) in [7, 11) is 0. The first-order valence-electron chi connectivity index (χ1n) is 7.62. The maximum Gasteiger partial charge on any atom is 0.411 e. The van der Waals surface area contributed by atoms with E-state index in [9.17, 15) is 26.3 Å². The molecule has 0 aliphatic carbocycles. The predicted molar refractivity (Wildman–Crippen MR) is 84.7 cm³/mol. The Morgan fingerprint density at radius 3 is 1.52 bits per heavy atom. The van der Waals surface area contributed by atoms with Gasteiger partial charge < -0.3 is 0 Å². The molecule has 25 heavy (non-hydrogen) atoms. The highest BCUT2D eigenvalue weighted by Crippen LogP contribution is 2.57. The summed E-state index contributed by atoms with van der Waals surface area (Å²) in [5.74, 6) is 0. The fourth-order valence-corrected chi connectivity index (χ4v) is 3.11. The molecule has 0 amide bonds. The molecule has 0 spiro atoms. The van der Waals surface area contributed by atoms with Crippen molar-refractivity contribution < 1.29 is 26.3 Å². The van der Waals surface area contributed by atoms with Crippen molar-refractivity contribution in [2.45, 2.75) is 45.5 Å². The molecule has 0 aromatic heterocycles. The number of rotatable bonds is 2. The van der Waals surface area contributed by atoms with Gasteiger partial charge in [-0.05, 0) is 55.5 Å². The maximum absolute atomic E-state index is 14.0. The minimum Gasteiger partial charge on any atom is -0.169 e. The Bertz CT molecular complexity index is 752. The molecule has 6 heteroatoms. The summed E-state index contributed by atoms with van der Waals surface area (Å²) in [5, 5.41) is 0. The van der Waals surface area contributed by atoms with Crippen LogP contribution in [0.4, 0.5) is 26.3 Å². The second-order valence-electron chi connectivity index (χ2n) is 6.29. The largest absolute Gasteiger partial charge is 0.411 e. The number of alkyl halides is 6. The average molecular weight is 360 g/mol. The molecule has 0 saturated heterocycles. The standard InChI is InChI=1S/C19H18F6/c1-11-5-8-15(9-6-11)17(18(20,21)22,19(23,24)25)16-10-7-12(2)13(3)14(16)4/h5-10H,1-4H3. The molecule has 0 heterocycles. The Morgan fingerprint density at radius 2 is 1.08 bits per heavy atom. The second-order valence-corrected chi connectivity index (χ2v) is 6.29. The van der Waals surface area contributed by atoms with Gasteiger partial charge in [-0.2, -0.15) is 26.3 Å². The molecule has 0 fully saturated rings.